The number of halogens is 2. The Hall–Kier alpha value is -0.260. The molecule has 0 aromatic carbocycles. The minimum atomic E-state index is -2.25. The third-order valence-corrected chi connectivity index (χ3v) is 2.16. The fourth-order valence-electron chi connectivity index (χ4n) is 1.53. The van der Waals surface area contributed by atoms with Gasteiger partial charge in [0.05, 0.1) is 19.8 Å². The van der Waals surface area contributed by atoms with Gasteiger partial charge >= 0.3 is 0 Å². The van der Waals surface area contributed by atoms with E-state index in [-0.39, 0.29) is 12.6 Å². The Morgan fingerprint density at radius 3 is 3.00 bits per heavy atom. The van der Waals surface area contributed by atoms with Crippen molar-refractivity contribution >= 4 is 0 Å². The molecule has 1 N–H and O–H groups in total. The molecule has 1 fully saturated rings. The molecule has 5 heteroatoms. The minimum absolute atomic E-state index is 0.0905. The van der Waals surface area contributed by atoms with Crippen LogP contribution in [0.15, 0.2) is 0 Å². The zero-order valence-corrected chi connectivity index (χ0v) is 7.80. The number of hydrogen-bond acceptors (Lipinski definition) is 3. The molecule has 13 heavy (non-hydrogen) atoms. The van der Waals surface area contributed by atoms with Crippen molar-refractivity contribution in [1.82, 2.24) is 10.2 Å². The highest BCUT2D eigenvalue weighted by Gasteiger charge is 2.24. The number of alkyl halides is 2. The number of rotatable bonds is 4. The summed E-state index contributed by atoms with van der Waals surface area (Å²) in [6.45, 7) is 2.28. The molecule has 1 atom stereocenters. The summed E-state index contributed by atoms with van der Waals surface area (Å²) in [6.07, 6.45) is -2.25. The molecule has 1 saturated heterocycles. The number of hydrogen-bond donors (Lipinski definition) is 1. The van der Waals surface area contributed by atoms with Gasteiger partial charge in [-0.1, -0.05) is 0 Å². The highest BCUT2D eigenvalue weighted by molar-refractivity contribution is 4.77. The summed E-state index contributed by atoms with van der Waals surface area (Å²) in [5.74, 6) is 0. The summed E-state index contributed by atoms with van der Waals surface area (Å²) in [5, 5.41) is 2.97. The van der Waals surface area contributed by atoms with Crippen molar-refractivity contribution in [3.8, 4) is 0 Å². The third-order valence-electron chi connectivity index (χ3n) is 2.16. The van der Waals surface area contributed by atoms with Crippen LogP contribution < -0.4 is 5.32 Å². The SMILES string of the molecule is CNCC1COCCN1CC(F)F. The van der Waals surface area contributed by atoms with Gasteiger partial charge in [-0.25, -0.2) is 8.78 Å². The first-order valence-electron chi connectivity index (χ1n) is 4.48. The molecule has 0 saturated carbocycles. The van der Waals surface area contributed by atoms with Crippen LogP contribution in [-0.2, 0) is 4.74 Å². The molecule has 1 aliphatic rings. The van der Waals surface area contributed by atoms with Crippen molar-refractivity contribution in [2.24, 2.45) is 0 Å². The Morgan fingerprint density at radius 2 is 2.38 bits per heavy atom. The Morgan fingerprint density at radius 1 is 1.62 bits per heavy atom. The van der Waals surface area contributed by atoms with Gasteiger partial charge in [0.15, 0.2) is 0 Å². The number of likely N-dealkylation sites (N-methyl/N-ethyl adjacent to an activating group) is 1. The predicted molar refractivity (Wildman–Crippen MR) is 46.1 cm³/mol. The van der Waals surface area contributed by atoms with Crippen LogP contribution in [0.25, 0.3) is 0 Å². The molecular formula is C8H16F2N2O. The van der Waals surface area contributed by atoms with Crippen LogP contribution in [0, 0.1) is 0 Å². The molecule has 0 aliphatic carbocycles. The van der Waals surface area contributed by atoms with E-state index in [2.05, 4.69) is 5.32 Å². The lowest BCUT2D eigenvalue weighted by atomic mass is 10.2. The van der Waals surface area contributed by atoms with Gasteiger partial charge in [-0.2, -0.15) is 0 Å². The van der Waals surface area contributed by atoms with Gasteiger partial charge in [0.25, 0.3) is 6.43 Å². The number of nitrogens with zero attached hydrogens (tertiary/aromatic N) is 1. The van der Waals surface area contributed by atoms with Gasteiger partial charge in [-0.05, 0) is 7.05 Å². The molecule has 1 aliphatic heterocycles. The lowest BCUT2D eigenvalue weighted by Gasteiger charge is -2.35. The largest absolute Gasteiger partial charge is 0.378 e. The van der Waals surface area contributed by atoms with Crippen LogP contribution in [0.2, 0.25) is 0 Å². The van der Waals surface area contributed by atoms with Crippen molar-refractivity contribution in [1.29, 1.82) is 0 Å². The van der Waals surface area contributed by atoms with E-state index in [1.807, 2.05) is 7.05 Å². The third kappa shape index (κ3) is 3.54. The Bertz CT molecular complexity index is 144. The maximum atomic E-state index is 12.1. The van der Waals surface area contributed by atoms with E-state index in [0.717, 1.165) is 0 Å². The smallest absolute Gasteiger partial charge is 0.251 e. The second-order valence-corrected chi connectivity index (χ2v) is 3.17. The molecule has 78 valence electrons. The second kappa shape index (κ2) is 5.47. The average Bonchev–Trinajstić information content (AvgIpc) is 2.08. The quantitative estimate of drug-likeness (QED) is 0.690. The van der Waals surface area contributed by atoms with E-state index in [1.54, 1.807) is 4.90 Å². The zero-order valence-electron chi connectivity index (χ0n) is 7.80. The zero-order chi connectivity index (χ0) is 9.68. The first kappa shape index (κ1) is 10.8. The fraction of sp³-hybridized carbons (Fsp3) is 1.00. The summed E-state index contributed by atoms with van der Waals surface area (Å²) >= 11 is 0. The van der Waals surface area contributed by atoms with Crippen LogP contribution in [0.5, 0.6) is 0 Å². The fourth-order valence-corrected chi connectivity index (χ4v) is 1.53. The van der Waals surface area contributed by atoms with Gasteiger partial charge in [0, 0.05) is 19.1 Å². The number of nitrogens with one attached hydrogen (secondary N) is 1. The molecule has 1 heterocycles. The van der Waals surface area contributed by atoms with Crippen molar-refractivity contribution in [2.75, 3.05) is 39.9 Å². The first-order chi connectivity index (χ1) is 6.24. The molecule has 0 spiro atoms. The molecule has 0 bridgehead atoms. The van der Waals surface area contributed by atoms with Gasteiger partial charge in [0.1, 0.15) is 0 Å². The number of morpholine rings is 1. The standard InChI is InChI=1S/C8H16F2N2O/c1-11-4-7-6-13-3-2-12(7)5-8(9)10/h7-8,11H,2-6H2,1H3. The van der Waals surface area contributed by atoms with Crippen molar-refractivity contribution in [2.45, 2.75) is 12.5 Å². The van der Waals surface area contributed by atoms with Crippen molar-refractivity contribution in [3.63, 3.8) is 0 Å². The highest BCUT2D eigenvalue weighted by atomic mass is 19.3. The van der Waals surface area contributed by atoms with Gasteiger partial charge < -0.3 is 10.1 Å². The highest BCUT2D eigenvalue weighted by Crippen LogP contribution is 2.08. The topological polar surface area (TPSA) is 24.5 Å². The normalized spacial score (nSPS) is 25.4. The molecule has 0 aromatic rings. The Kier molecular flexibility index (Phi) is 4.55. The minimum Gasteiger partial charge on any atom is -0.378 e. The number of ether oxygens (including phenoxy) is 1. The molecule has 0 amide bonds. The predicted octanol–water partition coefficient (Wildman–Crippen LogP) is 0.172. The van der Waals surface area contributed by atoms with Crippen LogP contribution in [0.1, 0.15) is 0 Å². The van der Waals surface area contributed by atoms with E-state index in [0.29, 0.717) is 26.3 Å². The van der Waals surface area contributed by atoms with Crippen LogP contribution in [0.3, 0.4) is 0 Å². The van der Waals surface area contributed by atoms with Crippen LogP contribution in [0.4, 0.5) is 8.78 Å². The van der Waals surface area contributed by atoms with Gasteiger partial charge in [0.2, 0.25) is 0 Å². The summed E-state index contributed by atoms with van der Waals surface area (Å²) in [5.41, 5.74) is 0. The molecule has 0 radical (unpaired) electrons. The second-order valence-electron chi connectivity index (χ2n) is 3.17. The Balaban J connectivity index is 2.36. The van der Waals surface area contributed by atoms with Crippen LogP contribution >= 0.6 is 0 Å². The Labute approximate surface area is 77.0 Å². The lowest BCUT2D eigenvalue weighted by Crippen LogP contribution is -2.51. The van der Waals surface area contributed by atoms with E-state index < -0.39 is 6.43 Å². The van der Waals surface area contributed by atoms with Crippen molar-refractivity contribution in [3.05, 3.63) is 0 Å². The first-order valence-corrected chi connectivity index (χ1v) is 4.48. The average molecular weight is 194 g/mol. The summed E-state index contributed by atoms with van der Waals surface area (Å²) in [4.78, 5) is 1.78. The maximum absolute atomic E-state index is 12.1. The van der Waals surface area contributed by atoms with Gasteiger partial charge in [-0.15, -0.1) is 0 Å². The molecule has 0 aromatic heterocycles. The van der Waals surface area contributed by atoms with E-state index in [1.165, 1.54) is 0 Å². The monoisotopic (exact) mass is 194 g/mol. The lowest BCUT2D eigenvalue weighted by molar-refractivity contribution is -0.0311. The van der Waals surface area contributed by atoms with E-state index in [9.17, 15) is 8.78 Å². The molecule has 1 unspecified atom stereocenters. The van der Waals surface area contributed by atoms with E-state index >= 15 is 0 Å². The molecular weight excluding hydrogens is 178 g/mol. The van der Waals surface area contributed by atoms with Gasteiger partial charge in [-0.3, -0.25) is 4.90 Å². The van der Waals surface area contributed by atoms with Crippen LogP contribution in [-0.4, -0.2) is 57.3 Å². The molecule has 1 rings (SSSR count). The summed E-state index contributed by atoms with van der Waals surface area (Å²) < 4.78 is 29.5. The van der Waals surface area contributed by atoms with Crippen molar-refractivity contribution < 1.29 is 13.5 Å². The maximum Gasteiger partial charge on any atom is 0.251 e. The summed E-state index contributed by atoms with van der Waals surface area (Å²) in [7, 11) is 1.81. The van der Waals surface area contributed by atoms with E-state index in [4.69, 9.17) is 4.74 Å². The molecule has 3 nitrogen and oxygen atoms in total. The summed E-state index contributed by atoms with van der Waals surface area (Å²) in [6, 6.07) is 0.0905.